The highest BCUT2D eigenvalue weighted by molar-refractivity contribution is 7.43. The van der Waals surface area contributed by atoms with E-state index in [4.69, 9.17) is 27.1 Å². The lowest BCUT2D eigenvalue weighted by atomic mass is 9.86. The van der Waals surface area contributed by atoms with E-state index in [-0.39, 0.29) is 11.8 Å². The molecule has 0 N–H and O–H groups in total. The Morgan fingerprint density at radius 1 is 0.349 bits per heavy atom. The quantitative estimate of drug-likeness (QED) is 0.0903. The highest BCUT2D eigenvalue weighted by atomic mass is 31.2. The summed E-state index contributed by atoms with van der Waals surface area (Å²) in [5, 5.41) is 0. The zero-order valence-corrected chi connectivity index (χ0v) is 42.1. The zero-order chi connectivity index (χ0) is 45.9. The van der Waals surface area contributed by atoms with Gasteiger partial charge in [-0.1, -0.05) is 111 Å². The van der Waals surface area contributed by atoms with Crippen LogP contribution in [-0.2, 0) is 6.42 Å². The lowest BCUT2D eigenvalue weighted by molar-refractivity contribution is 0.380. The summed E-state index contributed by atoms with van der Waals surface area (Å²) in [5.74, 6) is 4.72. The second-order valence-corrected chi connectivity index (χ2v) is 20.0. The van der Waals surface area contributed by atoms with Gasteiger partial charge >= 0.3 is 17.2 Å². The summed E-state index contributed by atoms with van der Waals surface area (Å²) in [5.41, 5.74) is 17.6. The SMILES string of the molecule is Cc1ccc(OP(Oc2ccc(C)cc2C)Oc2c(C(C)C)cc(C)c(C)c2Cc2c(C)c(C)cc(C(C)C)c2OP(Oc2ccc(C)cc2C)Oc2ccc(C)cc2C)c(C)c1. The number of aryl methyl sites for hydroxylation is 10. The van der Waals surface area contributed by atoms with Crippen molar-refractivity contribution in [3.05, 3.63) is 174 Å². The van der Waals surface area contributed by atoms with Gasteiger partial charge in [-0.2, -0.15) is 0 Å². The Morgan fingerprint density at radius 2 is 0.619 bits per heavy atom. The van der Waals surface area contributed by atoms with Crippen molar-refractivity contribution < 1.29 is 27.1 Å². The molecule has 0 aliphatic carbocycles. The van der Waals surface area contributed by atoms with E-state index in [1.54, 1.807) is 0 Å². The first kappa shape index (κ1) is 47.5. The van der Waals surface area contributed by atoms with E-state index in [9.17, 15) is 0 Å². The smallest absolute Gasteiger partial charge is 0.408 e. The van der Waals surface area contributed by atoms with E-state index in [1.807, 2.05) is 24.3 Å². The van der Waals surface area contributed by atoms with Crippen molar-refractivity contribution in [1.29, 1.82) is 0 Å². The van der Waals surface area contributed by atoms with Crippen LogP contribution in [0.25, 0.3) is 0 Å². The highest BCUT2D eigenvalue weighted by Gasteiger charge is 2.31. The minimum Gasteiger partial charge on any atom is -0.408 e. The van der Waals surface area contributed by atoms with Crippen molar-refractivity contribution in [1.82, 2.24) is 0 Å². The third-order valence-corrected chi connectivity index (χ3v) is 13.9. The zero-order valence-electron chi connectivity index (χ0n) is 40.3. The van der Waals surface area contributed by atoms with Crippen LogP contribution in [0.15, 0.2) is 84.9 Å². The second kappa shape index (κ2) is 20.2. The fraction of sp³-hybridized carbons (Fsp3) is 0.345. The molecule has 0 aliphatic heterocycles. The first-order valence-corrected chi connectivity index (χ1v) is 24.2. The van der Waals surface area contributed by atoms with Gasteiger partial charge in [0.05, 0.1) is 0 Å². The number of hydrogen-bond donors (Lipinski definition) is 0. The molecule has 0 saturated heterocycles. The lowest BCUT2D eigenvalue weighted by Gasteiger charge is -2.28. The summed E-state index contributed by atoms with van der Waals surface area (Å²) in [6, 6.07) is 29.3. The summed E-state index contributed by atoms with van der Waals surface area (Å²) in [6.07, 6.45) is 0.526. The molecule has 0 amide bonds. The molecule has 6 aromatic carbocycles. The lowest BCUT2D eigenvalue weighted by Crippen LogP contribution is -2.12. The molecule has 0 saturated carbocycles. The first-order valence-electron chi connectivity index (χ1n) is 22.0. The van der Waals surface area contributed by atoms with Crippen LogP contribution in [0.4, 0.5) is 0 Å². The topological polar surface area (TPSA) is 55.4 Å². The molecule has 8 heteroatoms. The predicted molar refractivity (Wildman–Crippen MR) is 264 cm³/mol. The summed E-state index contributed by atoms with van der Waals surface area (Å²) >= 11 is 0. The van der Waals surface area contributed by atoms with E-state index in [0.29, 0.717) is 6.42 Å². The van der Waals surface area contributed by atoms with Crippen LogP contribution in [0.2, 0.25) is 0 Å². The Morgan fingerprint density at radius 3 is 0.857 bits per heavy atom. The molecule has 332 valence electrons. The van der Waals surface area contributed by atoms with Crippen molar-refractivity contribution in [2.45, 2.75) is 129 Å². The van der Waals surface area contributed by atoms with Crippen LogP contribution in [0, 0.1) is 83.1 Å². The van der Waals surface area contributed by atoms with Crippen molar-refractivity contribution in [3.63, 3.8) is 0 Å². The van der Waals surface area contributed by atoms with Crippen LogP contribution < -0.4 is 27.1 Å². The van der Waals surface area contributed by atoms with Crippen LogP contribution in [0.5, 0.6) is 34.5 Å². The summed E-state index contributed by atoms with van der Waals surface area (Å²) < 4.78 is 41.6. The van der Waals surface area contributed by atoms with Gasteiger partial charge in [0.25, 0.3) is 0 Å². The molecule has 6 aromatic rings. The molecular weight excluding hydrogens is 819 g/mol. The molecule has 0 aliphatic rings. The molecule has 0 radical (unpaired) electrons. The van der Waals surface area contributed by atoms with Crippen LogP contribution in [0.3, 0.4) is 0 Å². The molecule has 6 nitrogen and oxygen atoms in total. The van der Waals surface area contributed by atoms with Gasteiger partial charge in [-0.05, 0) is 175 Å². The molecule has 0 unspecified atom stereocenters. The summed E-state index contributed by atoms with van der Waals surface area (Å²) in [7, 11) is -3.97. The fourth-order valence-corrected chi connectivity index (χ4v) is 10.3. The third kappa shape index (κ3) is 11.4. The largest absolute Gasteiger partial charge is 0.530 e. The highest BCUT2D eigenvalue weighted by Crippen LogP contribution is 2.52. The van der Waals surface area contributed by atoms with E-state index in [2.05, 4.69) is 171 Å². The van der Waals surface area contributed by atoms with Gasteiger partial charge in [0.2, 0.25) is 0 Å². The van der Waals surface area contributed by atoms with E-state index >= 15 is 0 Å². The maximum atomic E-state index is 7.23. The van der Waals surface area contributed by atoms with Gasteiger partial charge in [-0.3, -0.25) is 0 Å². The first-order chi connectivity index (χ1) is 29.8. The minimum atomic E-state index is -1.98. The third-order valence-electron chi connectivity index (χ3n) is 11.8. The van der Waals surface area contributed by atoms with Crippen LogP contribution >= 0.6 is 17.2 Å². The number of rotatable bonds is 16. The van der Waals surface area contributed by atoms with Gasteiger partial charge in [-0.25, -0.2) is 0 Å². The van der Waals surface area contributed by atoms with E-state index in [0.717, 1.165) is 112 Å². The average molecular weight is 885 g/mol. The maximum Gasteiger partial charge on any atom is 0.530 e. The van der Waals surface area contributed by atoms with Crippen molar-refractivity contribution >= 4 is 17.2 Å². The molecule has 0 spiro atoms. The Bertz CT molecular complexity index is 2330. The Labute approximate surface area is 380 Å². The monoisotopic (exact) mass is 884 g/mol. The summed E-state index contributed by atoms with van der Waals surface area (Å²) in [6.45, 7) is 34.2. The molecule has 0 aromatic heterocycles. The average Bonchev–Trinajstić information content (AvgIpc) is 3.20. The van der Waals surface area contributed by atoms with E-state index < -0.39 is 17.2 Å². The maximum absolute atomic E-state index is 7.23. The van der Waals surface area contributed by atoms with Gasteiger partial charge < -0.3 is 27.1 Å². The van der Waals surface area contributed by atoms with Crippen molar-refractivity contribution in [2.75, 3.05) is 0 Å². The molecule has 0 fully saturated rings. The van der Waals surface area contributed by atoms with Gasteiger partial charge in [0.15, 0.2) is 0 Å². The predicted octanol–water partition coefficient (Wildman–Crippen LogP) is 16.8. The van der Waals surface area contributed by atoms with Gasteiger partial charge in [0.1, 0.15) is 34.5 Å². The molecule has 6 rings (SSSR count). The van der Waals surface area contributed by atoms with E-state index in [1.165, 1.54) is 11.1 Å². The Kier molecular flexibility index (Phi) is 15.2. The van der Waals surface area contributed by atoms with Crippen molar-refractivity contribution in [3.8, 4) is 34.5 Å². The molecular formula is C55H66O6P2. The molecule has 0 heterocycles. The Balaban J connectivity index is 1.52. The summed E-state index contributed by atoms with van der Waals surface area (Å²) in [4.78, 5) is 0. The second-order valence-electron chi connectivity index (χ2n) is 18.0. The number of hydrogen-bond acceptors (Lipinski definition) is 6. The van der Waals surface area contributed by atoms with Crippen LogP contribution in [0.1, 0.15) is 129 Å². The normalized spacial score (nSPS) is 11.5. The number of benzene rings is 6. The van der Waals surface area contributed by atoms with Gasteiger partial charge in [0, 0.05) is 17.5 Å². The fourth-order valence-electron chi connectivity index (χ4n) is 7.84. The van der Waals surface area contributed by atoms with Crippen LogP contribution in [-0.4, -0.2) is 0 Å². The Hall–Kier alpha value is -5.02. The minimum absolute atomic E-state index is 0.141. The molecule has 0 atom stereocenters. The molecule has 0 bridgehead atoms. The van der Waals surface area contributed by atoms with Crippen molar-refractivity contribution in [2.24, 2.45) is 0 Å². The molecule has 63 heavy (non-hydrogen) atoms. The standard InChI is InChI=1S/C55H66O6P2/c1-32(2)46-29-38(9)44(15)48(54(46)60-62(56-50-21-17-34(5)25-40(50)11)57-51-22-18-35(6)26-41(51)12)31-49-45(16)39(10)30-47(33(3)4)55(49)61-63(58-52-23-19-36(7)27-42(52)13)59-53-24-20-37(8)28-43(53)14/h17-30,32-33H,31H2,1-16H3. The van der Waals surface area contributed by atoms with Gasteiger partial charge in [-0.15, -0.1) is 0 Å².